The van der Waals surface area contributed by atoms with Crippen LogP contribution in [0.4, 0.5) is 0 Å². The third kappa shape index (κ3) is 3.31. The zero-order valence-corrected chi connectivity index (χ0v) is 9.88. The lowest BCUT2D eigenvalue weighted by atomic mass is 9.87. The number of esters is 1. The van der Waals surface area contributed by atoms with Crippen LogP contribution in [0.15, 0.2) is 30.3 Å². The molecule has 0 saturated heterocycles. The summed E-state index contributed by atoms with van der Waals surface area (Å²) in [6.45, 7) is 3.47. The van der Waals surface area contributed by atoms with Crippen LogP contribution in [0.5, 0.6) is 0 Å². The first kappa shape index (κ1) is 13.2. The Morgan fingerprint density at radius 3 is 2.35 bits per heavy atom. The first-order chi connectivity index (χ1) is 8.07. The van der Waals surface area contributed by atoms with E-state index in [0.29, 0.717) is 0 Å². The number of hydrogen-bond donors (Lipinski definition) is 0. The Labute approximate surface area is 100 Å². The van der Waals surface area contributed by atoms with Crippen LogP contribution in [0.2, 0.25) is 0 Å². The molecule has 0 heterocycles. The summed E-state index contributed by atoms with van der Waals surface area (Å²) in [7, 11) is 0. The van der Waals surface area contributed by atoms with Crippen LogP contribution in [-0.2, 0) is 14.3 Å². The lowest BCUT2D eigenvalue weighted by molar-refractivity contribution is -0.311. The van der Waals surface area contributed by atoms with Crippen LogP contribution in [-0.4, -0.2) is 18.5 Å². The summed E-state index contributed by atoms with van der Waals surface area (Å²) in [5.41, 5.74) is 0.773. The fraction of sp³-hybridized carbons (Fsp3) is 0.385. The van der Waals surface area contributed by atoms with Gasteiger partial charge in [-0.1, -0.05) is 37.3 Å². The van der Waals surface area contributed by atoms with Crippen molar-refractivity contribution in [2.24, 2.45) is 5.92 Å². The molecule has 17 heavy (non-hydrogen) atoms. The number of carbonyl (C=O) groups is 2. The molecule has 4 heteroatoms. The largest absolute Gasteiger partial charge is 0.549 e. The van der Waals surface area contributed by atoms with Gasteiger partial charge >= 0.3 is 5.97 Å². The van der Waals surface area contributed by atoms with Gasteiger partial charge in [0.25, 0.3) is 0 Å². The maximum absolute atomic E-state index is 11.6. The Morgan fingerprint density at radius 1 is 1.29 bits per heavy atom. The molecule has 2 atom stereocenters. The highest BCUT2D eigenvalue weighted by Crippen LogP contribution is 2.24. The summed E-state index contributed by atoms with van der Waals surface area (Å²) in [4.78, 5) is 22.6. The molecule has 1 aromatic carbocycles. The van der Waals surface area contributed by atoms with Gasteiger partial charge in [0.15, 0.2) is 0 Å². The minimum Gasteiger partial charge on any atom is -0.549 e. The van der Waals surface area contributed by atoms with Gasteiger partial charge < -0.3 is 14.6 Å². The van der Waals surface area contributed by atoms with E-state index in [4.69, 9.17) is 4.74 Å². The molecule has 4 nitrogen and oxygen atoms in total. The third-order valence-corrected chi connectivity index (χ3v) is 2.62. The fourth-order valence-corrected chi connectivity index (χ4v) is 1.69. The van der Waals surface area contributed by atoms with Gasteiger partial charge in [-0.25, -0.2) is 0 Å². The van der Waals surface area contributed by atoms with Crippen LogP contribution in [0.3, 0.4) is 0 Å². The number of rotatable bonds is 5. The van der Waals surface area contributed by atoms with Crippen molar-refractivity contribution >= 4 is 11.9 Å². The molecule has 0 fully saturated rings. The van der Waals surface area contributed by atoms with E-state index in [0.717, 1.165) is 5.56 Å². The molecule has 0 N–H and O–H groups in total. The molecule has 0 saturated carbocycles. The molecular formula is C13H15O4-. The summed E-state index contributed by atoms with van der Waals surface area (Å²) in [5, 5.41) is 11.0. The maximum Gasteiger partial charge on any atom is 0.315 e. The molecule has 1 aromatic rings. The zero-order valence-electron chi connectivity index (χ0n) is 9.88. The summed E-state index contributed by atoms with van der Waals surface area (Å²) in [6.07, 6.45) is 0. The molecule has 0 aliphatic carbocycles. The van der Waals surface area contributed by atoms with Crippen molar-refractivity contribution in [2.45, 2.75) is 19.8 Å². The maximum atomic E-state index is 11.6. The number of carboxylic acid groups (broad SMARTS) is 1. The molecule has 2 unspecified atom stereocenters. The second-order valence-corrected chi connectivity index (χ2v) is 3.75. The Hall–Kier alpha value is -1.84. The summed E-state index contributed by atoms with van der Waals surface area (Å²) < 4.78 is 4.75. The van der Waals surface area contributed by atoms with Gasteiger partial charge in [-0.05, 0) is 18.4 Å². The average Bonchev–Trinajstić information content (AvgIpc) is 2.30. The topological polar surface area (TPSA) is 66.4 Å². The van der Waals surface area contributed by atoms with E-state index in [-0.39, 0.29) is 6.61 Å². The van der Waals surface area contributed by atoms with Gasteiger partial charge in [-0.3, -0.25) is 4.79 Å². The Kier molecular flexibility index (Phi) is 4.69. The second-order valence-electron chi connectivity index (χ2n) is 3.75. The zero-order chi connectivity index (χ0) is 12.8. The number of hydrogen-bond acceptors (Lipinski definition) is 4. The molecule has 0 aromatic heterocycles. The molecule has 92 valence electrons. The van der Waals surface area contributed by atoms with Crippen molar-refractivity contribution in [1.29, 1.82) is 0 Å². The standard InChI is InChI=1S/C13H16O4/c1-3-17-13(16)11(12(14)15)9(2)10-7-5-4-6-8-10/h4-9,11H,3H2,1-2H3,(H,14,15)/p-1. The van der Waals surface area contributed by atoms with Crippen LogP contribution in [0.25, 0.3) is 0 Å². The van der Waals surface area contributed by atoms with Crippen molar-refractivity contribution in [2.75, 3.05) is 6.61 Å². The normalized spacial score (nSPS) is 13.8. The SMILES string of the molecule is CCOC(=O)C(C(=O)[O-])C(C)c1ccccc1. The van der Waals surface area contributed by atoms with Gasteiger partial charge in [0, 0.05) is 0 Å². The van der Waals surface area contributed by atoms with Gasteiger partial charge in [0.1, 0.15) is 5.92 Å². The molecule has 0 bridgehead atoms. The van der Waals surface area contributed by atoms with Crippen LogP contribution >= 0.6 is 0 Å². The highest BCUT2D eigenvalue weighted by atomic mass is 16.5. The lowest BCUT2D eigenvalue weighted by Gasteiger charge is -2.23. The molecule has 1 rings (SSSR count). The summed E-state index contributed by atoms with van der Waals surface area (Å²) in [5.74, 6) is -3.89. The van der Waals surface area contributed by atoms with Gasteiger partial charge in [-0.2, -0.15) is 0 Å². The third-order valence-electron chi connectivity index (χ3n) is 2.62. The molecule has 0 radical (unpaired) electrons. The van der Waals surface area contributed by atoms with E-state index in [1.165, 1.54) is 0 Å². The van der Waals surface area contributed by atoms with E-state index in [1.807, 2.05) is 6.07 Å². The first-order valence-corrected chi connectivity index (χ1v) is 5.50. The lowest BCUT2D eigenvalue weighted by Crippen LogP contribution is -2.40. The molecule has 0 aliphatic rings. The number of carbonyl (C=O) groups excluding carboxylic acids is 2. The van der Waals surface area contributed by atoms with Crippen LogP contribution in [0.1, 0.15) is 25.3 Å². The van der Waals surface area contributed by atoms with Gasteiger partial charge in [-0.15, -0.1) is 0 Å². The van der Waals surface area contributed by atoms with Crippen molar-refractivity contribution in [3.63, 3.8) is 0 Å². The molecule has 0 aliphatic heterocycles. The second kappa shape index (κ2) is 6.03. The Morgan fingerprint density at radius 2 is 1.88 bits per heavy atom. The first-order valence-electron chi connectivity index (χ1n) is 5.50. The minimum absolute atomic E-state index is 0.157. The highest BCUT2D eigenvalue weighted by Gasteiger charge is 2.28. The van der Waals surface area contributed by atoms with Crippen LogP contribution < -0.4 is 5.11 Å². The van der Waals surface area contributed by atoms with Gasteiger partial charge in [0.05, 0.1) is 12.6 Å². The summed E-state index contributed by atoms with van der Waals surface area (Å²) >= 11 is 0. The fourth-order valence-electron chi connectivity index (χ4n) is 1.69. The van der Waals surface area contributed by atoms with Crippen LogP contribution in [0, 0.1) is 5.92 Å². The smallest absolute Gasteiger partial charge is 0.315 e. The van der Waals surface area contributed by atoms with E-state index in [1.54, 1.807) is 38.1 Å². The van der Waals surface area contributed by atoms with E-state index in [2.05, 4.69) is 0 Å². The average molecular weight is 235 g/mol. The monoisotopic (exact) mass is 235 g/mol. The van der Waals surface area contributed by atoms with E-state index in [9.17, 15) is 14.7 Å². The summed E-state index contributed by atoms with van der Waals surface area (Å²) in [6, 6.07) is 8.97. The number of aliphatic carboxylic acids is 1. The molecule has 0 amide bonds. The predicted molar refractivity (Wildman–Crippen MR) is 60.0 cm³/mol. The Bertz CT molecular complexity index is 386. The number of carboxylic acids is 1. The Balaban J connectivity index is 2.92. The quantitative estimate of drug-likeness (QED) is 0.557. The highest BCUT2D eigenvalue weighted by molar-refractivity contribution is 5.94. The van der Waals surface area contributed by atoms with E-state index < -0.39 is 23.8 Å². The molecular weight excluding hydrogens is 220 g/mol. The van der Waals surface area contributed by atoms with Crippen molar-refractivity contribution in [3.05, 3.63) is 35.9 Å². The van der Waals surface area contributed by atoms with Crippen molar-refractivity contribution in [3.8, 4) is 0 Å². The minimum atomic E-state index is -1.40. The van der Waals surface area contributed by atoms with Gasteiger partial charge in [0.2, 0.25) is 0 Å². The predicted octanol–water partition coefficient (Wildman–Crippen LogP) is 0.719. The number of ether oxygens (including phenoxy) is 1. The molecule has 0 spiro atoms. The van der Waals surface area contributed by atoms with E-state index >= 15 is 0 Å². The number of benzene rings is 1. The van der Waals surface area contributed by atoms with Crippen molar-refractivity contribution in [1.82, 2.24) is 0 Å². The van der Waals surface area contributed by atoms with Crippen molar-refractivity contribution < 1.29 is 19.4 Å².